The highest BCUT2D eigenvalue weighted by atomic mass is 35.5. The molecule has 1 aromatic carbocycles. The molecule has 1 fully saturated rings. The van der Waals surface area contributed by atoms with Crippen LogP contribution in [-0.4, -0.2) is 23.7 Å². The summed E-state index contributed by atoms with van der Waals surface area (Å²) in [5, 5.41) is 13.0. The molecule has 1 amide bonds. The summed E-state index contributed by atoms with van der Waals surface area (Å²) in [6.45, 7) is 0.503. The number of hydrogen-bond acceptors (Lipinski definition) is 2. The highest BCUT2D eigenvalue weighted by Gasteiger charge is 2.28. The summed E-state index contributed by atoms with van der Waals surface area (Å²) in [5.74, 6) is 0.290. The van der Waals surface area contributed by atoms with Crippen LogP contribution in [-0.2, 0) is 4.79 Å². The molecule has 0 bridgehead atoms. The van der Waals surface area contributed by atoms with E-state index in [2.05, 4.69) is 5.32 Å². The third-order valence-electron chi connectivity index (χ3n) is 3.22. The van der Waals surface area contributed by atoms with Crippen LogP contribution in [0.15, 0.2) is 30.3 Å². The van der Waals surface area contributed by atoms with Crippen LogP contribution in [0.1, 0.15) is 24.8 Å². The minimum Gasteiger partial charge on any atom is -0.393 e. The molecule has 0 radical (unpaired) electrons. The lowest BCUT2D eigenvalue weighted by atomic mass is 10.1. The summed E-state index contributed by atoms with van der Waals surface area (Å²) in [6.07, 6.45) is 5.73. The lowest BCUT2D eigenvalue weighted by Gasteiger charge is -2.08. The zero-order valence-corrected chi connectivity index (χ0v) is 11.4. The molecule has 1 aromatic rings. The number of hydrogen-bond donors (Lipinski definition) is 2. The molecule has 3 nitrogen and oxygen atoms in total. The summed E-state index contributed by atoms with van der Waals surface area (Å²) in [7, 11) is 0. The van der Waals surface area contributed by atoms with Gasteiger partial charge in [-0.2, -0.15) is 0 Å². The van der Waals surface area contributed by atoms with E-state index < -0.39 is 0 Å². The molecular formula is C15H18ClNO2. The van der Waals surface area contributed by atoms with Gasteiger partial charge in [0.15, 0.2) is 0 Å². The molecule has 0 unspecified atom stereocenters. The molecule has 1 aliphatic carbocycles. The Morgan fingerprint density at radius 2 is 2.21 bits per heavy atom. The van der Waals surface area contributed by atoms with Crippen molar-refractivity contribution >= 4 is 23.6 Å². The van der Waals surface area contributed by atoms with Crippen LogP contribution in [0.4, 0.5) is 0 Å². The van der Waals surface area contributed by atoms with Crippen molar-refractivity contribution in [3.05, 3.63) is 40.9 Å². The van der Waals surface area contributed by atoms with Crippen LogP contribution in [0.25, 0.3) is 6.08 Å². The largest absolute Gasteiger partial charge is 0.393 e. The zero-order valence-electron chi connectivity index (χ0n) is 10.7. The van der Waals surface area contributed by atoms with Crippen LogP contribution >= 0.6 is 11.6 Å². The molecule has 0 saturated heterocycles. The van der Waals surface area contributed by atoms with Gasteiger partial charge in [0.25, 0.3) is 0 Å². The minimum absolute atomic E-state index is 0.164. The van der Waals surface area contributed by atoms with E-state index in [0.29, 0.717) is 23.9 Å². The number of halogens is 1. The van der Waals surface area contributed by atoms with Crippen LogP contribution in [0.3, 0.4) is 0 Å². The lowest BCUT2D eigenvalue weighted by Crippen LogP contribution is -2.26. The summed E-state index contributed by atoms with van der Waals surface area (Å²) in [4.78, 5) is 11.6. The Labute approximate surface area is 118 Å². The van der Waals surface area contributed by atoms with E-state index in [1.807, 2.05) is 18.2 Å². The molecule has 0 aromatic heterocycles. The normalized spacial score (nSPS) is 16.5. The monoisotopic (exact) mass is 279 g/mol. The predicted molar refractivity (Wildman–Crippen MR) is 76.8 cm³/mol. The Morgan fingerprint density at radius 1 is 1.47 bits per heavy atom. The van der Waals surface area contributed by atoms with Gasteiger partial charge in [0.1, 0.15) is 0 Å². The van der Waals surface area contributed by atoms with Gasteiger partial charge in [-0.3, -0.25) is 4.79 Å². The Kier molecular flexibility index (Phi) is 5.00. The third-order valence-corrected chi connectivity index (χ3v) is 3.57. The standard InChI is InChI=1S/C15H18ClNO2/c16-13-4-2-1-3-11(13)7-8-15(19)17-10-9-14(18)12-5-6-12/h1-4,7-8,12,14,18H,5-6,9-10H2,(H,17,19)/b8-7+/t14-/m1/s1. The SMILES string of the molecule is O=C(/C=C/c1ccccc1Cl)NCC[C@@H](O)C1CC1. The van der Waals surface area contributed by atoms with Crippen molar-refractivity contribution in [2.45, 2.75) is 25.4 Å². The third kappa shape index (κ3) is 4.69. The summed E-state index contributed by atoms with van der Waals surface area (Å²) in [5.41, 5.74) is 0.817. The van der Waals surface area contributed by atoms with Gasteiger partial charge in [-0.05, 0) is 42.9 Å². The first kappa shape index (κ1) is 14.1. The lowest BCUT2D eigenvalue weighted by molar-refractivity contribution is -0.116. The molecule has 102 valence electrons. The van der Waals surface area contributed by atoms with Gasteiger partial charge in [-0.1, -0.05) is 29.8 Å². The fourth-order valence-electron chi connectivity index (χ4n) is 1.89. The first-order chi connectivity index (χ1) is 9.16. The highest BCUT2D eigenvalue weighted by molar-refractivity contribution is 6.32. The highest BCUT2D eigenvalue weighted by Crippen LogP contribution is 2.33. The zero-order chi connectivity index (χ0) is 13.7. The van der Waals surface area contributed by atoms with E-state index in [0.717, 1.165) is 18.4 Å². The Hall–Kier alpha value is -1.32. The fraction of sp³-hybridized carbons (Fsp3) is 0.400. The van der Waals surface area contributed by atoms with Crippen LogP contribution in [0.5, 0.6) is 0 Å². The maximum absolute atomic E-state index is 11.6. The molecule has 0 aliphatic heterocycles. The number of aliphatic hydroxyl groups excluding tert-OH is 1. The average Bonchev–Trinajstić information content (AvgIpc) is 3.22. The van der Waals surface area contributed by atoms with Crippen LogP contribution in [0, 0.1) is 5.92 Å². The molecule has 1 aliphatic rings. The van der Waals surface area contributed by atoms with Gasteiger partial charge >= 0.3 is 0 Å². The summed E-state index contributed by atoms with van der Waals surface area (Å²) in [6, 6.07) is 7.35. The summed E-state index contributed by atoms with van der Waals surface area (Å²) >= 11 is 5.98. The second kappa shape index (κ2) is 6.73. The molecule has 1 saturated carbocycles. The predicted octanol–water partition coefficient (Wildman–Crippen LogP) is 2.63. The van der Waals surface area contributed by atoms with Gasteiger partial charge in [-0.25, -0.2) is 0 Å². The maximum atomic E-state index is 11.6. The summed E-state index contributed by atoms with van der Waals surface area (Å²) < 4.78 is 0. The number of nitrogens with one attached hydrogen (secondary N) is 1. The van der Waals surface area contributed by atoms with Crippen LogP contribution in [0.2, 0.25) is 5.02 Å². The van der Waals surface area contributed by atoms with E-state index in [1.165, 1.54) is 6.08 Å². The van der Waals surface area contributed by atoms with E-state index in [4.69, 9.17) is 11.6 Å². The van der Waals surface area contributed by atoms with Crippen molar-refractivity contribution in [3.63, 3.8) is 0 Å². The van der Waals surface area contributed by atoms with Crippen molar-refractivity contribution in [3.8, 4) is 0 Å². The molecular weight excluding hydrogens is 262 g/mol. The molecule has 0 heterocycles. The number of carbonyl (C=O) groups is 1. The quantitative estimate of drug-likeness (QED) is 0.787. The van der Waals surface area contributed by atoms with Crippen molar-refractivity contribution in [1.29, 1.82) is 0 Å². The Morgan fingerprint density at radius 3 is 2.89 bits per heavy atom. The fourth-order valence-corrected chi connectivity index (χ4v) is 2.09. The number of amides is 1. The molecule has 4 heteroatoms. The van der Waals surface area contributed by atoms with Gasteiger partial charge in [0, 0.05) is 17.6 Å². The van der Waals surface area contributed by atoms with Crippen molar-refractivity contribution in [2.75, 3.05) is 6.54 Å². The number of rotatable bonds is 6. The van der Waals surface area contributed by atoms with Gasteiger partial charge in [0.2, 0.25) is 5.91 Å². The van der Waals surface area contributed by atoms with Crippen molar-refractivity contribution in [2.24, 2.45) is 5.92 Å². The van der Waals surface area contributed by atoms with Gasteiger partial charge < -0.3 is 10.4 Å². The first-order valence-electron chi connectivity index (χ1n) is 6.55. The maximum Gasteiger partial charge on any atom is 0.244 e. The number of carbonyl (C=O) groups excluding carboxylic acids is 1. The van der Waals surface area contributed by atoms with Crippen molar-refractivity contribution < 1.29 is 9.90 Å². The Bertz CT molecular complexity index is 469. The van der Waals surface area contributed by atoms with Crippen molar-refractivity contribution in [1.82, 2.24) is 5.32 Å². The number of aliphatic hydroxyl groups is 1. The topological polar surface area (TPSA) is 49.3 Å². The molecule has 2 N–H and O–H groups in total. The molecule has 0 spiro atoms. The smallest absolute Gasteiger partial charge is 0.244 e. The Balaban J connectivity index is 1.73. The first-order valence-corrected chi connectivity index (χ1v) is 6.93. The second-order valence-corrected chi connectivity index (χ2v) is 5.25. The van der Waals surface area contributed by atoms with E-state index >= 15 is 0 Å². The number of benzene rings is 1. The van der Waals surface area contributed by atoms with E-state index in [9.17, 15) is 9.90 Å². The minimum atomic E-state index is -0.271. The van der Waals surface area contributed by atoms with Crippen LogP contribution < -0.4 is 5.32 Å². The average molecular weight is 280 g/mol. The second-order valence-electron chi connectivity index (χ2n) is 4.84. The molecule has 1 atom stereocenters. The van der Waals surface area contributed by atoms with E-state index in [-0.39, 0.29) is 12.0 Å². The molecule has 2 rings (SSSR count). The van der Waals surface area contributed by atoms with Gasteiger partial charge in [-0.15, -0.1) is 0 Å². The van der Waals surface area contributed by atoms with E-state index in [1.54, 1.807) is 12.1 Å². The molecule has 19 heavy (non-hydrogen) atoms. The van der Waals surface area contributed by atoms with Gasteiger partial charge in [0.05, 0.1) is 6.10 Å².